The normalized spacial score (nSPS) is 25.6. The maximum atomic E-state index is 7.63. The first-order valence-corrected chi connectivity index (χ1v) is 10.0. The summed E-state index contributed by atoms with van der Waals surface area (Å²) in [5, 5.41) is 3.38. The fraction of sp³-hybridized carbons (Fsp3) is 0.478. The Kier molecular flexibility index (Phi) is 4.55. The van der Waals surface area contributed by atoms with E-state index < -0.39 is 0 Å². The molecule has 1 fully saturated rings. The van der Waals surface area contributed by atoms with Gasteiger partial charge in [-0.1, -0.05) is 45.0 Å². The Morgan fingerprint density at radius 1 is 1.19 bits per heavy atom. The molecule has 2 unspecified atom stereocenters. The van der Waals surface area contributed by atoms with Crippen LogP contribution in [0, 0.1) is 37.2 Å². The molecule has 0 saturated heterocycles. The van der Waals surface area contributed by atoms with Crippen molar-refractivity contribution < 1.29 is 0 Å². The van der Waals surface area contributed by atoms with Gasteiger partial charge in [0, 0.05) is 17.3 Å². The van der Waals surface area contributed by atoms with E-state index in [1.807, 2.05) is 22.8 Å². The van der Waals surface area contributed by atoms with E-state index in [0.29, 0.717) is 17.8 Å². The van der Waals surface area contributed by atoms with E-state index in [0.717, 1.165) is 40.6 Å². The molecule has 27 heavy (non-hydrogen) atoms. The number of hydrogen-bond acceptors (Lipinski definition) is 1. The van der Waals surface area contributed by atoms with Crippen LogP contribution in [0.3, 0.4) is 0 Å². The van der Waals surface area contributed by atoms with Crippen molar-refractivity contribution in [2.75, 3.05) is 0 Å². The zero-order chi connectivity index (χ0) is 19.1. The third-order valence-corrected chi connectivity index (χ3v) is 6.47. The minimum Gasteiger partial charge on any atom is -0.277 e. The van der Waals surface area contributed by atoms with Crippen LogP contribution in [0.25, 0.3) is 21.9 Å². The molecule has 0 radical (unpaired) electrons. The van der Waals surface area contributed by atoms with E-state index in [2.05, 4.69) is 49.8 Å². The second-order valence-electron chi connectivity index (χ2n) is 8.58. The zero-order valence-electron chi connectivity index (χ0n) is 16.7. The van der Waals surface area contributed by atoms with Gasteiger partial charge < -0.3 is 0 Å². The Morgan fingerprint density at radius 3 is 2.56 bits per heavy atom. The van der Waals surface area contributed by atoms with Crippen molar-refractivity contribution >= 4 is 11.3 Å². The Labute approximate surface area is 161 Å². The number of aromatic amines is 1. The molecule has 2 atom stereocenters. The fourth-order valence-corrected chi connectivity index (χ4v) is 5.14. The van der Waals surface area contributed by atoms with E-state index in [1.54, 1.807) is 0 Å². The van der Waals surface area contributed by atoms with Crippen LogP contribution >= 0.6 is 0 Å². The van der Waals surface area contributed by atoms with Gasteiger partial charge in [-0.05, 0) is 55.4 Å². The SMILES string of the molecule is [C-]#[N+]c1cn2[nH]c(-c3ccccc3C)nc2c1CC1C(C)CC(C)CC1C. The molecule has 1 N–H and O–H groups in total. The molecule has 4 heteroatoms. The van der Waals surface area contributed by atoms with Crippen molar-refractivity contribution in [3.63, 3.8) is 0 Å². The van der Waals surface area contributed by atoms with E-state index in [1.165, 1.54) is 18.4 Å². The van der Waals surface area contributed by atoms with Crippen LogP contribution in [0.2, 0.25) is 0 Å². The number of benzene rings is 1. The van der Waals surface area contributed by atoms with Crippen LogP contribution in [0.15, 0.2) is 30.5 Å². The van der Waals surface area contributed by atoms with E-state index in [4.69, 9.17) is 11.6 Å². The van der Waals surface area contributed by atoms with Gasteiger partial charge in [-0.3, -0.25) is 9.61 Å². The van der Waals surface area contributed by atoms with E-state index >= 15 is 0 Å². The molecule has 0 aliphatic heterocycles. The van der Waals surface area contributed by atoms with Crippen LogP contribution < -0.4 is 0 Å². The largest absolute Gasteiger partial charge is 0.277 e. The highest BCUT2D eigenvalue weighted by atomic mass is 15.3. The average molecular weight is 361 g/mol. The molecule has 2 heterocycles. The minimum absolute atomic E-state index is 0.617. The molecule has 4 rings (SSSR count). The molecule has 1 aromatic carbocycles. The first-order chi connectivity index (χ1) is 13.0. The molecule has 1 aliphatic rings. The number of nitrogens with one attached hydrogen (secondary N) is 1. The molecular formula is C23H28N4. The molecule has 0 spiro atoms. The predicted molar refractivity (Wildman–Crippen MR) is 110 cm³/mol. The number of fused-ring (bicyclic) bond motifs is 1. The second-order valence-corrected chi connectivity index (χ2v) is 8.58. The quantitative estimate of drug-likeness (QED) is 0.567. The highest BCUT2D eigenvalue weighted by Crippen LogP contribution is 2.41. The number of aryl methyl sites for hydroxylation is 1. The number of rotatable bonds is 3. The number of aromatic nitrogens is 3. The Balaban J connectivity index is 1.74. The van der Waals surface area contributed by atoms with Crippen molar-refractivity contribution in [2.24, 2.45) is 23.7 Å². The standard InChI is InChI=1S/C23H28N4/c1-14-10-16(3)19(17(4)11-14)12-20-21(24-5)13-27-23(20)25-22(26-27)18-9-7-6-8-15(18)2/h6-9,13-14,16-17,19H,10-12H2,1-4H3,(H,25,26). The third-order valence-electron chi connectivity index (χ3n) is 6.47. The minimum atomic E-state index is 0.617. The summed E-state index contributed by atoms with van der Waals surface area (Å²) in [5.74, 6) is 3.67. The van der Waals surface area contributed by atoms with Crippen molar-refractivity contribution in [2.45, 2.75) is 47.0 Å². The summed E-state index contributed by atoms with van der Waals surface area (Å²) in [7, 11) is 0. The molecule has 0 bridgehead atoms. The summed E-state index contributed by atoms with van der Waals surface area (Å²) in [6.07, 6.45) is 5.43. The lowest BCUT2D eigenvalue weighted by molar-refractivity contribution is 0.136. The topological polar surface area (TPSA) is 37.5 Å². The lowest BCUT2D eigenvalue weighted by Crippen LogP contribution is -2.30. The van der Waals surface area contributed by atoms with Crippen LogP contribution in [0.1, 0.15) is 44.7 Å². The van der Waals surface area contributed by atoms with Crippen molar-refractivity contribution in [1.29, 1.82) is 0 Å². The predicted octanol–water partition coefficient (Wildman–Crippen LogP) is 6.05. The Morgan fingerprint density at radius 2 is 1.89 bits per heavy atom. The van der Waals surface area contributed by atoms with Gasteiger partial charge in [-0.25, -0.2) is 9.83 Å². The van der Waals surface area contributed by atoms with Gasteiger partial charge in [0.05, 0.1) is 6.57 Å². The summed E-state index contributed by atoms with van der Waals surface area (Å²) < 4.78 is 1.94. The average Bonchev–Trinajstić information content (AvgIpc) is 3.16. The zero-order valence-corrected chi connectivity index (χ0v) is 16.7. The third kappa shape index (κ3) is 3.16. The first kappa shape index (κ1) is 17.9. The summed E-state index contributed by atoms with van der Waals surface area (Å²) in [5.41, 5.74) is 5.08. The smallest absolute Gasteiger partial charge is 0.211 e. The van der Waals surface area contributed by atoms with Gasteiger partial charge in [0.2, 0.25) is 5.69 Å². The fourth-order valence-electron chi connectivity index (χ4n) is 5.14. The molecule has 1 saturated carbocycles. The number of nitrogens with zero attached hydrogens (tertiary/aromatic N) is 3. The molecule has 3 aromatic rings. The number of H-pyrrole nitrogens is 1. The first-order valence-electron chi connectivity index (χ1n) is 10.0. The van der Waals surface area contributed by atoms with Crippen molar-refractivity contribution in [1.82, 2.24) is 14.6 Å². The molecule has 2 aromatic heterocycles. The highest BCUT2D eigenvalue weighted by Gasteiger charge is 2.32. The van der Waals surface area contributed by atoms with Crippen LogP contribution in [0.4, 0.5) is 5.69 Å². The van der Waals surface area contributed by atoms with Crippen LogP contribution in [-0.4, -0.2) is 14.6 Å². The lowest BCUT2D eigenvalue weighted by Gasteiger charge is -2.38. The number of hydrogen-bond donors (Lipinski definition) is 1. The molecule has 0 amide bonds. The van der Waals surface area contributed by atoms with Gasteiger partial charge in [0.15, 0.2) is 5.82 Å². The lowest BCUT2D eigenvalue weighted by atomic mass is 9.67. The monoisotopic (exact) mass is 360 g/mol. The second kappa shape index (κ2) is 6.88. The van der Waals surface area contributed by atoms with Gasteiger partial charge >= 0.3 is 0 Å². The van der Waals surface area contributed by atoms with Gasteiger partial charge in [0.1, 0.15) is 5.65 Å². The van der Waals surface area contributed by atoms with Crippen molar-refractivity contribution in [3.8, 4) is 11.4 Å². The molecule has 1 aliphatic carbocycles. The maximum absolute atomic E-state index is 7.63. The van der Waals surface area contributed by atoms with Gasteiger partial charge in [-0.2, -0.15) is 0 Å². The van der Waals surface area contributed by atoms with Crippen molar-refractivity contribution in [3.05, 3.63) is 53.0 Å². The summed E-state index contributed by atoms with van der Waals surface area (Å²) in [6.45, 7) is 16.9. The molecule has 140 valence electrons. The van der Waals surface area contributed by atoms with Gasteiger partial charge in [-0.15, -0.1) is 0 Å². The van der Waals surface area contributed by atoms with E-state index in [-0.39, 0.29) is 0 Å². The Hall–Kier alpha value is -2.54. The van der Waals surface area contributed by atoms with Crippen LogP contribution in [-0.2, 0) is 6.42 Å². The Bertz CT molecular complexity index is 991. The highest BCUT2D eigenvalue weighted by molar-refractivity contribution is 5.70. The summed E-state index contributed by atoms with van der Waals surface area (Å²) in [6, 6.07) is 8.28. The molecular weight excluding hydrogens is 332 g/mol. The van der Waals surface area contributed by atoms with Gasteiger partial charge in [0.25, 0.3) is 0 Å². The molecule has 4 nitrogen and oxygen atoms in total. The van der Waals surface area contributed by atoms with Crippen LogP contribution in [0.5, 0.6) is 0 Å². The maximum Gasteiger partial charge on any atom is 0.211 e. The van der Waals surface area contributed by atoms with E-state index in [9.17, 15) is 0 Å². The summed E-state index contributed by atoms with van der Waals surface area (Å²) in [4.78, 5) is 8.71. The summed E-state index contributed by atoms with van der Waals surface area (Å²) >= 11 is 0.